The van der Waals surface area contributed by atoms with Crippen LogP contribution in [0.5, 0.6) is 0 Å². The summed E-state index contributed by atoms with van der Waals surface area (Å²) in [5.74, 6) is 0.964. The Morgan fingerprint density at radius 2 is 1.91 bits per heavy atom. The number of aliphatic hydroxyl groups excluding tert-OH is 1. The van der Waals surface area contributed by atoms with Crippen LogP contribution in [0.1, 0.15) is 44.9 Å². The maximum atomic E-state index is 8.59. The van der Waals surface area contributed by atoms with Crippen molar-refractivity contribution in [3.05, 3.63) is 6.42 Å². The third kappa shape index (κ3) is 3.76. The highest BCUT2D eigenvalue weighted by atomic mass is 16.2. The van der Waals surface area contributed by atoms with Crippen molar-refractivity contribution < 1.29 is 5.11 Å². The molecule has 1 aliphatic rings. The SMILES string of the molecule is OCCCCC1CC[CH]CC1. The van der Waals surface area contributed by atoms with Crippen LogP contribution in [-0.2, 0) is 0 Å². The standard InChI is InChI=1S/C10H19O/c11-9-5-4-8-10-6-2-1-3-7-10/h1,10-11H,2-9H2. The molecule has 0 bridgehead atoms. The van der Waals surface area contributed by atoms with Gasteiger partial charge in [0, 0.05) is 6.61 Å². The smallest absolute Gasteiger partial charge is 0.0431 e. The highest BCUT2D eigenvalue weighted by Crippen LogP contribution is 2.26. The summed E-state index contributed by atoms with van der Waals surface area (Å²) >= 11 is 0. The van der Waals surface area contributed by atoms with Gasteiger partial charge in [-0.2, -0.15) is 0 Å². The van der Waals surface area contributed by atoms with Crippen molar-refractivity contribution in [3.8, 4) is 0 Å². The predicted octanol–water partition coefficient (Wildman–Crippen LogP) is 2.54. The first-order chi connectivity index (χ1) is 5.43. The molecular weight excluding hydrogens is 136 g/mol. The number of aliphatic hydroxyl groups is 1. The zero-order valence-corrected chi connectivity index (χ0v) is 7.26. The number of hydrogen-bond donors (Lipinski definition) is 1. The predicted molar refractivity (Wildman–Crippen MR) is 47.2 cm³/mol. The van der Waals surface area contributed by atoms with Crippen LogP contribution in [0.15, 0.2) is 0 Å². The highest BCUT2D eigenvalue weighted by Gasteiger charge is 2.12. The van der Waals surface area contributed by atoms with E-state index in [1.54, 1.807) is 0 Å². The van der Waals surface area contributed by atoms with E-state index in [0.29, 0.717) is 6.61 Å². The summed E-state index contributed by atoms with van der Waals surface area (Å²) in [5, 5.41) is 8.59. The van der Waals surface area contributed by atoms with Gasteiger partial charge in [0.15, 0.2) is 0 Å². The summed E-state index contributed by atoms with van der Waals surface area (Å²) in [4.78, 5) is 0. The van der Waals surface area contributed by atoms with Gasteiger partial charge in [0.2, 0.25) is 0 Å². The lowest BCUT2D eigenvalue weighted by molar-refractivity contribution is 0.272. The fourth-order valence-electron chi connectivity index (χ4n) is 1.83. The molecule has 0 saturated heterocycles. The van der Waals surface area contributed by atoms with E-state index in [1.807, 2.05) is 0 Å². The van der Waals surface area contributed by atoms with Gasteiger partial charge in [0.25, 0.3) is 0 Å². The van der Waals surface area contributed by atoms with Crippen LogP contribution >= 0.6 is 0 Å². The van der Waals surface area contributed by atoms with Gasteiger partial charge in [-0.1, -0.05) is 25.7 Å². The molecular formula is C10H19O. The summed E-state index contributed by atoms with van der Waals surface area (Å²) in [7, 11) is 0. The molecule has 0 amide bonds. The maximum absolute atomic E-state index is 8.59. The molecule has 0 aliphatic heterocycles. The van der Waals surface area contributed by atoms with E-state index in [4.69, 9.17) is 5.11 Å². The second kappa shape index (κ2) is 5.59. The first-order valence-electron chi connectivity index (χ1n) is 4.86. The lowest BCUT2D eigenvalue weighted by Gasteiger charge is -2.20. The molecule has 11 heavy (non-hydrogen) atoms. The molecule has 0 aromatic heterocycles. The topological polar surface area (TPSA) is 20.2 Å². The molecule has 0 spiro atoms. The quantitative estimate of drug-likeness (QED) is 0.618. The van der Waals surface area contributed by atoms with Gasteiger partial charge in [0.05, 0.1) is 0 Å². The van der Waals surface area contributed by atoms with Crippen molar-refractivity contribution >= 4 is 0 Å². The third-order valence-electron chi connectivity index (χ3n) is 2.58. The minimum atomic E-state index is 0.374. The Kier molecular flexibility index (Phi) is 4.60. The molecule has 0 aromatic carbocycles. The van der Waals surface area contributed by atoms with Gasteiger partial charge < -0.3 is 5.11 Å². The Labute approximate surface area is 69.8 Å². The highest BCUT2D eigenvalue weighted by molar-refractivity contribution is 4.76. The lowest BCUT2D eigenvalue weighted by Crippen LogP contribution is -2.06. The average molecular weight is 155 g/mol. The van der Waals surface area contributed by atoms with Crippen molar-refractivity contribution in [1.82, 2.24) is 0 Å². The van der Waals surface area contributed by atoms with Gasteiger partial charge in [-0.15, -0.1) is 0 Å². The molecule has 1 aliphatic carbocycles. The van der Waals surface area contributed by atoms with Crippen LogP contribution in [-0.4, -0.2) is 11.7 Å². The van der Waals surface area contributed by atoms with Crippen molar-refractivity contribution in [3.63, 3.8) is 0 Å². The lowest BCUT2D eigenvalue weighted by atomic mass is 9.86. The van der Waals surface area contributed by atoms with Crippen LogP contribution in [0.4, 0.5) is 0 Å². The van der Waals surface area contributed by atoms with Crippen molar-refractivity contribution in [2.75, 3.05) is 6.61 Å². The van der Waals surface area contributed by atoms with E-state index in [0.717, 1.165) is 12.3 Å². The van der Waals surface area contributed by atoms with E-state index < -0.39 is 0 Å². The zero-order valence-electron chi connectivity index (χ0n) is 7.26. The molecule has 1 N–H and O–H groups in total. The molecule has 1 heteroatoms. The van der Waals surface area contributed by atoms with Gasteiger partial charge in [0.1, 0.15) is 0 Å². The zero-order chi connectivity index (χ0) is 7.94. The van der Waals surface area contributed by atoms with Crippen molar-refractivity contribution in [2.24, 2.45) is 5.92 Å². The van der Waals surface area contributed by atoms with Crippen LogP contribution < -0.4 is 0 Å². The van der Waals surface area contributed by atoms with Crippen LogP contribution in [0.3, 0.4) is 0 Å². The van der Waals surface area contributed by atoms with Gasteiger partial charge in [-0.25, -0.2) is 0 Å². The Bertz CT molecular complexity index is 84.9. The van der Waals surface area contributed by atoms with Crippen LogP contribution in [0, 0.1) is 12.3 Å². The first kappa shape index (κ1) is 9.05. The fourth-order valence-corrected chi connectivity index (χ4v) is 1.83. The summed E-state index contributed by atoms with van der Waals surface area (Å²) in [6.45, 7) is 0.374. The van der Waals surface area contributed by atoms with E-state index >= 15 is 0 Å². The van der Waals surface area contributed by atoms with E-state index in [9.17, 15) is 0 Å². The number of unbranched alkanes of at least 4 members (excludes halogenated alkanes) is 1. The fraction of sp³-hybridized carbons (Fsp3) is 0.900. The van der Waals surface area contributed by atoms with Gasteiger partial charge in [-0.05, 0) is 31.6 Å². The van der Waals surface area contributed by atoms with E-state index in [2.05, 4.69) is 6.42 Å². The first-order valence-corrected chi connectivity index (χ1v) is 4.86. The van der Waals surface area contributed by atoms with Crippen molar-refractivity contribution in [1.29, 1.82) is 0 Å². The Morgan fingerprint density at radius 3 is 2.55 bits per heavy atom. The normalized spacial score (nSPS) is 20.5. The molecule has 0 atom stereocenters. The second-order valence-corrected chi connectivity index (χ2v) is 3.53. The molecule has 1 fully saturated rings. The monoisotopic (exact) mass is 155 g/mol. The number of rotatable bonds is 4. The summed E-state index contributed by atoms with van der Waals surface area (Å²) in [6, 6.07) is 0. The average Bonchev–Trinajstić information content (AvgIpc) is 2.07. The molecule has 1 saturated carbocycles. The van der Waals surface area contributed by atoms with E-state index in [1.165, 1.54) is 38.5 Å². The van der Waals surface area contributed by atoms with Crippen molar-refractivity contribution in [2.45, 2.75) is 44.9 Å². The third-order valence-corrected chi connectivity index (χ3v) is 2.58. The minimum absolute atomic E-state index is 0.374. The van der Waals surface area contributed by atoms with Crippen LogP contribution in [0.25, 0.3) is 0 Å². The second-order valence-electron chi connectivity index (χ2n) is 3.53. The molecule has 0 aromatic rings. The molecule has 0 unspecified atom stereocenters. The maximum Gasteiger partial charge on any atom is 0.0431 e. The Balaban J connectivity index is 1.96. The van der Waals surface area contributed by atoms with E-state index in [-0.39, 0.29) is 0 Å². The summed E-state index contributed by atoms with van der Waals surface area (Å²) in [6.07, 6.45) is 11.4. The largest absolute Gasteiger partial charge is 0.396 e. The molecule has 65 valence electrons. The molecule has 1 rings (SSSR count). The summed E-state index contributed by atoms with van der Waals surface area (Å²) in [5.41, 5.74) is 0. The van der Waals surface area contributed by atoms with Gasteiger partial charge >= 0.3 is 0 Å². The summed E-state index contributed by atoms with van der Waals surface area (Å²) < 4.78 is 0. The number of hydrogen-bond acceptors (Lipinski definition) is 1. The molecule has 1 radical (unpaired) electrons. The Morgan fingerprint density at radius 1 is 1.18 bits per heavy atom. The van der Waals surface area contributed by atoms with Crippen LogP contribution in [0.2, 0.25) is 0 Å². The molecule has 0 heterocycles. The minimum Gasteiger partial charge on any atom is -0.396 e. The molecule has 1 nitrogen and oxygen atoms in total. The Hall–Kier alpha value is -0.0400. The van der Waals surface area contributed by atoms with Gasteiger partial charge in [-0.3, -0.25) is 0 Å².